The van der Waals surface area contributed by atoms with E-state index in [9.17, 15) is 9.59 Å². The molecule has 1 unspecified atom stereocenters. The molecule has 1 aromatic rings. The van der Waals surface area contributed by atoms with Crippen LogP contribution in [0.5, 0.6) is 0 Å². The van der Waals surface area contributed by atoms with Crippen LogP contribution in [-0.4, -0.2) is 84.4 Å². The predicted octanol–water partition coefficient (Wildman–Crippen LogP) is 2.83. The van der Waals surface area contributed by atoms with Crippen LogP contribution in [0.15, 0.2) is 18.2 Å². The number of benzene rings is 1. The molecule has 0 bridgehead atoms. The van der Waals surface area contributed by atoms with Crippen LogP contribution in [0.3, 0.4) is 0 Å². The molecule has 2 heterocycles. The van der Waals surface area contributed by atoms with Gasteiger partial charge in [-0.3, -0.25) is 19.4 Å². The Morgan fingerprint density at radius 3 is 2.32 bits per heavy atom. The van der Waals surface area contributed by atoms with Gasteiger partial charge in [0.25, 0.3) is 5.91 Å². The van der Waals surface area contributed by atoms with E-state index in [-0.39, 0.29) is 17.9 Å². The molecule has 2 saturated heterocycles. The van der Waals surface area contributed by atoms with E-state index in [1.807, 2.05) is 30.0 Å². The Labute approximate surface area is 188 Å². The lowest BCUT2D eigenvalue weighted by molar-refractivity contribution is -0.134. The third-order valence-corrected chi connectivity index (χ3v) is 7.05. The Morgan fingerprint density at radius 2 is 1.71 bits per heavy atom. The minimum Gasteiger partial charge on any atom is -0.349 e. The van der Waals surface area contributed by atoms with E-state index in [1.165, 1.54) is 18.4 Å². The van der Waals surface area contributed by atoms with Crippen molar-refractivity contribution < 1.29 is 9.59 Å². The summed E-state index contributed by atoms with van der Waals surface area (Å²) in [6, 6.07) is 6.66. The van der Waals surface area contributed by atoms with Gasteiger partial charge < -0.3 is 10.2 Å². The largest absolute Gasteiger partial charge is 0.349 e. The van der Waals surface area contributed by atoms with Gasteiger partial charge in [0.15, 0.2) is 0 Å². The third-order valence-electron chi connectivity index (χ3n) is 7.05. The number of carbonyl (C=O) groups excluding carboxylic acids is 2. The van der Waals surface area contributed by atoms with Crippen LogP contribution in [0.1, 0.15) is 61.0 Å². The van der Waals surface area contributed by atoms with Crippen LogP contribution in [0, 0.1) is 13.8 Å². The normalized spacial score (nSPS) is 19.9. The van der Waals surface area contributed by atoms with Crippen molar-refractivity contribution in [2.75, 3.05) is 45.8 Å². The summed E-state index contributed by atoms with van der Waals surface area (Å²) in [5, 5.41) is 3.18. The van der Waals surface area contributed by atoms with Crippen LogP contribution >= 0.6 is 0 Å². The van der Waals surface area contributed by atoms with Crippen molar-refractivity contribution in [2.24, 2.45) is 0 Å². The summed E-state index contributed by atoms with van der Waals surface area (Å²) in [7, 11) is 0. The van der Waals surface area contributed by atoms with Crippen LogP contribution in [0.4, 0.5) is 0 Å². The Bertz CT molecular complexity index is 750. The van der Waals surface area contributed by atoms with Gasteiger partial charge in [-0.15, -0.1) is 0 Å². The smallest absolute Gasteiger partial charge is 0.251 e. The molecule has 0 saturated carbocycles. The summed E-state index contributed by atoms with van der Waals surface area (Å²) >= 11 is 0. The number of piperazine rings is 1. The molecule has 0 spiro atoms. The molecular formula is C25H40N4O2. The molecule has 31 heavy (non-hydrogen) atoms. The summed E-state index contributed by atoms with van der Waals surface area (Å²) in [6.45, 7) is 14.5. The molecule has 2 amide bonds. The predicted molar refractivity (Wildman–Crippen MR) is 125 cm³/mol. The molecule has 6 nitrogen and oxygen atoms in total. The highest BCUT2D eigenvalue weighted by molar-refractivity contribution is 5.94. The highest BCUT2D eigenvalue weighted by atomic mass is 16.2. The zero-order valence-corrected chi connectivity index (χ0v) is 19.8. The highest BCUT2D eigenvalue weighted by Gasteiger charge is 2.27. The minimum atomic E-state index is 0.00722. The number of aryl methyl sites for hydroxylation is 2. The molecular weight excluding hydrogens is 388 g/mol. The summed E-state index contributed by atoms with van der Waals surface area (Å²) in [5.41, 5.74) is 3.07. The molecule has 0 aliphatic carbocycles. The molecule has 172 valence electrons. The summed E-state index contributed by atoms with van der Waals surface area (Å²) in [5.74, 6) is 0.258. The number of nitrogens with one attached hydrogen (secondary N) is 1. The Hall–Kier alpha value is -1.92. The molecule has 6 heteroatoms. The standard InChI is InChI=1S/C25H40N4O2/c1-5-6-21(4)28-13-15-29(16-14-28)24(30)18-27-11-9-23(10-12-27)26-25(31)22-8-7-19(2)20(3)17-22/h7-8,17,21,23H,5-6,9-16,18H2,1-4H3,(H,26,31). The molecule has 0 aromatic heterocycles. The van der Waals surface area contributed by atoms with E-state index in [1.54, 1.807) is 0 Å². The van der Waals surface area contributed by atoms with Gasteiger partial charge in [0, 0.05) is 56.9 Å². The van der Waals surface area contributed by atoms with Crippen LogP contribution in [0.2, 0.25) is 0 Å². The molecule has 1 N–H and O–H groups in total. The maximum absolute atomic E-state index is 12.8. The second-order valence-corrected chi connectivity index (χ2v) is 9.38. The van der Waals surface area contributed by atoms with Crippen LogP contribution in [-0.2, 0) is 4.79 Å². The molecule has 1 atom stereocenters. The number of nitrogens with zero attached hydrogens (tertiary/aromatic N) is 3. The van der Waals surface area contributed by atoms with Crippen molar-refractivity contribution in [3.8, 4) is 0 Å². The number of rotatable bonds is 7. The van der Waals surface area contributed by atoms with Gasteiger partial charge in [0.1, 0.15) is 0 Å². The fourth-order valence-electron chi connectivity index (χ4n) is 4.69. The number of piperidine rings is 1. The first kappa shape index (κ1) is 23.7. The minimum absolute atomic E-state index is 0.00722. The van der Waals surface area contributed by atoms with Gasteiger partial charge in [0.2, 0.25) is 5.91 Å². The molecule has 0 radical (unpaired) electrons. The van der Waals surface area contributed by atoms with E-state index in [4.69, 9.17) is 0 Å². The second-order valence-electron chi connectivity index (χ2n) is 9.38. The zero-order chi connectivity index (χ0) is 22.4. The van der Waals surface area contributed by atoms with Gasteiger partial charge in [-0.1, -0.05) is 19.4 Å². The van der Waals surface area contributed by atoms with Crippen molar-refractivity contribution in [1.82, 2.24) is 20.0 Å². The number of likely N-dealkylation sites (tertiary alicyclic amines) is 1. The maximum atomic E-state index is 12.8. The van der Waals surface area contributed by atoms with E-state index >= 15 is 0 Å². The van der Waals surface area contributed by atoms with Crippen molar-refractivity contribution in [3.05, 3.63) is 34.9 Å². The highest BCUT2D eigenvalue weighted by Crippen LogP contribution is 2.15. The van der Waals surface area contributed by atoms with E-state index in [2.05, 4.69) is 35.9 Å². The van der Waals surface area contributed by atoms with Crippen molar-refractivity contribution in [3.63, 3.8) is 0 Å². The number of hydrogen-bond acceptors (Lipinski definition) is 4. The van der Waals surface area contributed by atoms with E-state index < -0.39 is 0 Å². The molecule has 3 rings (SSSR count). The molecule has 2 aliphatic rings. The summed E-state index contributed by atoms with van der Waals surface area (Å²) < 4.78 is 0. The topological polar surface area (TPSA) is 55.9 Å². The van der Waals surface area contributed by atoms with Gasteiger partial charge in [-0.2, -0.15) is 0 Å². The third kappa shape index (κ3) is 6.53. The second kappa shape index (κ2) is 11.1. The van der Waals surface area contributed by atoms with Crippen LogP contribution < -0.4 is 5.32 Å². The first-order chi connectivity index (χ1) is 14.9. The van der Waals surface area contributed by atoms with Crippen molar-refractivity contribution in [1.29, 1.82) is 0 Å². The fourth-order valence-corrected chi connectivity index (χ4v) is 4.69. The first-order valence-corrected chi connectivity index (χ1v) is 12.0. The fraction of sp³-hybridized carbons (Fsp3) is 0.680. The first-order valence-electron chi connectivity index (χ1n) is 12.0. The average molecular weight is 429 g/mol. The lowest BCUT2D eigenvalue weighted by Gasteiger charge is -2.39. The zero-order valence-electron chi connectivity index (χ0n) is 19.8. The van der Waals surface area contributed by atoms with Crippen molar-refractivity contribution >= 4 is 11.8 Å². The Balaban J connectivity index is 1.38. The number of hydrogen-bond donors (Lipinski definition) is 1. The molecule has 2 aliphatic heterocycles. The summed E-state index contributed by atoms with van der Waals surface area (Å²) in [6.07, 6.45) is 4.22. The maximum Gasteiger partial charge on any atom is 0.251 e. The summed E-state index contributed by atoms with van der Waals surface area (Å²) in [4.78, 5) is 32.1. The van der Waals surface area contributed by atoms with E-state index in [0.29, 0.717) is 12.6 Å². The number of amides is 2. The van der Waals surface area contributed by atoms with Gasteiger partial charge >= 0.3 is 0 Å². The van der Waals surface area contributed by atoms with E-state index in [0.717, 1.165) is 63.2 Å². The monoisotopic (exact) mass is 428 g/mol. The average Bonchev–Trinajstić information content (AvgIpc) is 2.77. The van der Waals surface area contributed by atoms with Crippen LogP contribution in [0.25, 0.3) is 0 Å². The SMILES string of the molecule is CCCC(C)N1CCN(C(=O)CN2CCC(NC(=O)c3ccc(C)c(C)c3)CC2)CC1. The quantitative estimate of drug-likeness (QED) is 0.726. The van der Waals surface area contributed by atoms with Gasteiger partial charge in [-0.05, 0) is 63.3 Å². The Morgan fingerprint density at radius 1 is 1.03 bits per heavy atom. The molecule has 2 fully saturated rings. The van der Waals surface area contributed by atoms with Gasteiger partial charge in [-0.25, -0.2) is 0 Å². The Kier molecular flexibility index (Phi) is 8.50. The lowest BCUT2D eigenvalue weighted by atomic mass is 10.0. The molecule has 1 aromatic carbocycles. The van der Waals surface area contributed by atoms with Gasteiger partial charge in [0.05, 0.1) is 6.54 Å². The lowest BCUT2D eigenvalue weighted by Crippen LogP contribution is -2.54. The van der Waals surface area contributed by atoms with Crippen molar-refractivity contribution in [2.45, 2.75) is 65.5 Å². The number of carbonyl (C=O) groups is 2.